The van der Waals surface area contributed by atoms with E-state index in [1.54, 1.807) is 18.5 Å². The molecule has 8 nitrogen and oxygen atoms in total. The second-order valence-corrected chi connectivity index (χ2v) is 12.1. The predicted molar refractivity (Wildman–Crippen MR) is 155 cm³/mol. The SMILES string of the molecule is CC(C)(C)c1ccc(C(=O)N2CC3C(C2)C3CN(C(=O)c2ccccn2)c2ccc(N3CCOCC3)nc2)cc1. The Bertz CT molecular complexity index is 1340. The monoisotopic (exact) mass is 539 g/mol. The Kier molecular flexibility index (Phi) is 7.04. The summed E-state index contributed by atoms with van der Waals surface area (Å²) in [6.45, 7) is 11.6. The predicted octanol–water partition coefficient (Wildman–Crippen LogP) is 4.28. The summed E-state index contributed by atoms with van der Waals surface area (Å²) >= 11 is 0. The molecule has 3 fully saturated rings. The molecule has 0 radical (unpaired) electrons. The number of benzene rings is 1. The number of fused-ring (bicyclic) bond motifs is 1. The molecule has 6 rings (SSSR count). The van der Waals surface area contributed by atoms with Gasteiger partial charge in [0.15, 0.2) is 0 Å². The molecule has 0 bridgehead atoms. The maximum atomic E-state index is 13.6. The van der Waals surface area contributed by atoms with Gasteiger partial charge in [0.2, 0.25) is 0 Å². The van der Waals surface area contributed by atoms with E-state index in [0.717, 1.165) is 43.2 Å². The summed E-state index contributed by atoms with van der Waals surface area (Å²) in [4.78, 5) is 41.8. The molecule has 208 valence electrons. The molecular weight excluding hydrogens is 502 g/mol. The van der Waals surface area contributed by atoms with Crippen LogP contribution in [-0.2, 0) is 10.2 Å². The first-order chi connectivity index (χ1) is 19.3. The minimum absolute atomic E-state index is 0.0565. The molecule has 2 amide bonds. The summed E-state index contributed by atoms with van der Waals surface area (Å²) in [7, 11) is 0. The van der Waals surface area contributed by atoms with Crippen LogP contribution in [0.2, 0.25) is 0 Å². The molecule has 2 aromatic heterocycles. The number of ether oxygens (including phenoxy) is 1. The van der Waals surface area contributed by atoms with Crippen LogP contribution in [0.15, 0.2) is 67.0 Å². The Morgan fingerprint density at radius 2 is 1.68 bits per heavy atom. The highest BCUT2D eigenvalue weighted by Gasteiger charge is 2.57. The lowest BCUT2D eigenvalue weighted by Crippen LogP contribution is -2.38. The highest BCUT2D eigenvalue weighted by molar-refractivity contribution is 6.04. The van der Waals surface area contributed by atoms with Gasteiger partial charge in [-0.05, 0) is 65.1 Å². The zero-order chi connectivity index (χ0) is 27.9. The van der Waals surface area contributed by atoms with Gasteiger partial charge in [-0.2, -0.15) is 0 Å². The standard InChI is InChI=1S/C32H37N5O3/c1-32(2,3)23-9-7-22(8-10-23)30(38)36-19-25-26(20-36)27(25)21-37(31(39)28-6-4-5-13-33-28)24-11-12-29(34-18-24)35-14-16-40-17-15-35/h4-13,18,25-27H,14-17,19-21H2,1-3H3. The molecule has 1 aliphatic carbocycles. The number of amides is 2. The van der Waals surface area contributed by atoms with Crippen LogP contribution in [0.3, 0.4) is 0 Å². The van der Waals surface area contributed by atoms with Crippen molar-refractivity contribution in [3.05, 3.63) is 83.8 Å². The van der Waals surface area contributed by atoms with Gasteiger partial charge in [-0.25, -0.2) is 4.98 Å². The Morgan fingerprint density at radius 1 is 0.950 bits per heavy atom. The molecule has 0 N–H and O–H groups in total. The largest absolute Gasteiger partial charge is 0.378 e. The number of carbonyl (C=O) groups is 2. The van der Waals surface area contributed by atoms with Gasteiger partial charge in [0.05, 0.1) is 25.1 Å². The van der Waals surface area contributed by atoms with E-state index in [0.29, 0.717) is 43.2 Å². The zero-order valence-corrected chi connectivity index (χ0v) is 23.5. The molecule has 2 saturated heterocycles. The van der Waals surface area contributed by atoms with Crippen molar-refractivity contribution < 1.29 is 14.3 Å². The number of aromatic nitrogens is 2. The summed E-state index contributed by atoms with van der Waals surface area (Å²) in [6, 6.07) is 17.4. The van der Waals surface area contributed by atoms with Crippen LogP contribution in [0.4, 0.5) is 11.5 Å². The van der Waals surface area contributed by atoms with Gasteiger partial charge < -0.3 is 19.4 Å². The zero-order valence-electron chi connectivity index (χ0n) is 23.5. The first-order valence-electron chi connectivity index (χ1n) is 14.2. The minimum atomic E-state index is -0.127. The smallest absolute Gasteiger partial charge is 0.276 e. The summed E-state index contributed by atoms with van der Waals surface area (Å²) in [5, 5.41) is 0. The molecule has 8 heteroatoms. The Morgan fingerprint density at radius 3 is 2.27 bits per heavy atom. The molecule has 3 aliphatic rings. The second-order valence-electron chi connectivity index (χ2n) is 12.1. The van der Waals surface area contributed by atoms with Gasteiger partial charge in [0, 0.05) is 44.5 Å². The first-order valence-corrected chi connectivity index (χ1v) is 14.2. The van der Waals surface area contributed by atoms with Crippen molar-refractivity contribution in [3.63, 3.8) is 0 Å². The first kappa shape index (κ1) is 26.4. The number of hydrogen-bond acceptors (Lipinski definition) is 6. The normalized spacial score (nSPS) is 22.1. The lowest BCUT2D eigenvalue weighted by atomic mass is 9.86. The molecular formula is C32H37N5O3. The molecule has 1 aromatic carbocycles. The summed E-state index contributed by atoms with van der Waals surface area (Å²) in [5.41, 5.74) is 3.20. The number of hydrogen-bond donors (Lipinski definition) is 0. The van der Waals surface area contributed by atoms with Crippen molar-refractivity contribution in [1.82, 2.24) is 14.9 Å². The number of carbonyl (C=O) groups excluding carboxylic acids is 2. The number of pyridine rings is 2. The number of morpholine rings is 1. The van der Waals surface area contributed by atoms with E-state index in [-0.39, 0.29) is 17.2 Å². The van der Waals surface area contributed by atoms with Crippen LogP contribution >= 0.6 is 0 Å². The topological polar surface area (TPSA) is 78.9 Å². The molecule has 2 unspecified atom stereocenters. The fourth-order valence-electron chi connectivity index (χ4n) is 6.04. The fraction of sp³-hybridized carbons (Fsp3) is 0.438. The van der Waals surface area contributed by atoms with E-state index in [9.17, 15) is 9.59 Å². The molecule has 4 heterocycles. The average Bonchev–Trinajstić information content (AvgIpc) is 3.42. The third-order valence-electron chi connectivity index (χ3n) is 8.56. The van der Waals surface area contributed by atoms with Crippen molar-refractivity contribution in [2.75, 3.05) is 55.7 Å². The lowest BCUT2D eigenvalue weighted by Gasteiger charge is -2.29. The number of nitrogens with zero attached hydrogens (tertiary/aromatic N) is 5. The van der Waals surface area contributed by atoms with Gasteiger partial charge in [-0.15, -0.1) is 0 Å². The molecule has 2 atom stereocenters. The van der Waals surface area contributed by atoms with Crippen molar-refractivity contribution in [2.24, 2.45) is 17.8 Å². The van der Waals surface area contributed by atoms with Crippen molar-refractivity contribution in [1.29, 1.82) is 0 Å². The quantitative estimate of drug-likeness (QED) is 0.466. The Hall–Kier alpha value is -3.78. The molecule has 1 saturated carbocycles. The van der Waals surface area contributed by atoms with Crippen LogP contribution in [0.5, 0.6) is 0 Å². The van der Waals surface area contributed by atoms with E-state index >= 15 is 0 Å². The van der Waals surface area contributed by atoms with Gasteiger partial charge >= 0.3 is 0 Å². The Balaban J connectivity index is 1.14. The van der Waals surface area contributed by atoms with Crippen molar-refractivity contribution >= 4 is 23.3 Å². The third kappa shape index (κ3) is 5.32. The molecule has 0 spiro atoms. The summed E-state index contributed by atoms with van der Waals surface area (Å²) in [6.07, 6.45) is 3.44. The second kappa shape index (κ2) is 10.7. The molecule has 2 aliphatic heterocycles. The Labute approximate surface area is 236 Å². The number of piperidine rings is 1. The van der Waals surface area contributed by atoms with Crippen LogP contribution < -0.4 is 9.80 Å². The van der Waals surface area contributed by atoms with E-state index in [4.69, 9.17) is 9.72 Å². The van der Waals surface area contributed by atoms with Gasteiger partial charge in [-0.1, -0.05) is 39.0 Å². The van der Waals surface area contributed by atoms with Crippen LogP contribution in [-0.4, -0.2) is 72.6 Å². The van der Waals surface area contributed by atoms with Gasteiger partial charge in [0.1, 0.15) is 11.5 Å². The molecule has 3 aromatic rings. The van der Waals surface area contributed by atoms with Crippen LogP contribution in [0.1, 0.15) is 47.2 Å². The van der Waals surface area contributed by atoms with Crippen molar-refractivity contribution in [2.45, 2.75) is 26.2 Å². The maximum Gasteiger partial charge on any atom is 0.276 e. The number of rotatable bonds is 6. The van der Waals surface area contributed by atoms with E-state index < -0.39 is 0 Å². The maximum absolute atomic E-state index is 13.6. The molecule has 40 heavy (non-hydrogen) atoms. The fourth-order valence-corrected chi connectivity index (χ4v) is 6.04. The summed E-state index contributed by atoms with van der Waals surface area (Å²) in [5.74, 6) is 2.01. The minimum Gasteiger partial charge on any atom is -0.378 e. The van der Waals surface area contributed by atoms with Gasteiger partial charge in [0.25, 0.3) is 11.8 Å². The lowest BCUT2D eigenvalue weighted by molar-refractivity contribution is 0.0766. The average molecular weight is 540 g/mol. The van der Waals surface area contributed by atoms with E-state index in [1.807, 2.05) is 46.2 Å². The summed E-state index contributed by atoms with van der Waals surface area (Å²) < 4.78 is 5.46. The van der Waals surface area contributed by atoms with E-state index in [1.165, 1.54) is 5.56 Å². The van der Waals surface area contributed by atoms with Gasteiger partial charge in [-0.3, -0.25) is 14.6 Å². The third-order valence-corrected chi connectivity index (χ3v) is 8.56. The van der Waals surface area contributed by atoms with Crippen LogP contribution in [0.25, 0.3) is 0 Å². The number of anilines is 2. The van der Waals surface area contributed by atoms with E-state index in [2.05, 4.69) is 42.8 Å². The number of likely N-dealkylation sites (tertiary alicyclic amines) is 1. The highest BCUT2D eigenvalue weighted by atomic mass is 16.5. The van der Waals surface area contributed by atoms with Crippen LogP contribution in [0, 0.1) is 17.8 Å². The highest BCUT2D eigenvalue weighted by Crippen LogP contribution is 2.52. The van der Waals surface area contributed by atoms with Crippen molar-refractivity contribution in [3.8, 4) is 0 Å².